The van der Waals surface area contributed by atoms with Crippen LogP contribution >= 0.6 is 0 Å². The lowest BCUT2D eigenvalue weighted by atomic mass is 10.4. The molecule has 1 aliphatic rings. The maximum Gasteiger partial charge on any atom is 0.279 e. The minimum atomic E-state index is -0.0816. The van der Waals surface area contributed by atoms with Gasteiger partial charge in [-0.25, -0.2) is 4.98 Å². The fourth-order valence-corrected chi connectivity index (χ4v) is 1.20. The summed E-state index contributed by atoms with van der Waals surface area (Å²) in [5.74, 6) is -0.0816. The molecule has 0 N–H and O–H groups in total. The molecule has 0 bridgehead atoms. The van der Waals surface area contributed by atoms with E-state index in [4.69, 9.17) is 0 Å². The van der Waals surface area contributed by atoms with Gasteiger partial charge in [0, 0.05) is 19.8 Å². The van der Waals surface area contributed by atoms with Gasteiger partial charge in [0.25, 0.3) is 5.91 Å². The van der Waals surface area contributed by atoms with E-state index < -0.39 is 0 Å². The van der Waals surface area contributed by atoms with Gasteiger partial charge in [-0.1, -0.05) is 0 Å². The van der Waals surface area contributed by atoms with Gasteiger partial charge in [0.05, 0.1) is 19.2 Å². The van der Waals surface area contributed by atoms with Crippen LogP contribution in [-0.2, 0) is 7.05 Å². The summed E-state index contributed by atoms with van der Waals surface area (Å²) in [5, 5.41) is 0. The van der Waals surface area contributed by atoms with Crippen LogP contribution in [0.5, 0.6) is 0 Å². The molecule has 13 heavy (non-hydrogen) atoms. The summed E-state index contributed by atoms with van der Waals surface area (Å²) in [6.07, 6.45) is 4.88. The zero-order valence-corrected chi connectivity index (χ0v) is 7.34. The SMILES string of the molecule is Cn1cnc(C(=O)N2C=NCC2)c1. The van der Waals surface area contributed by atoms with Crippen LogP contribution in [-0.4, -0.2) is 39.8 Å². The molecular weight excluding hydrogens is 168 g/mol. The number of amides is 1. The van der Waals surface area contributed by atoms with Crippen LogP contribution in [0.4, 0.5) is 0 Å². The number of carbonyl (C=O) groups is 1. The van der Waals surface area contributed by atoms with Crippen molar-refractivity contribution in [2.45, 2.75) is 0 Å². The molecule has 0 aliphatic carbocycles. The number of carbonyl (C=O) groups excluding carboxylic acids is 1. The lowest BCUT2D eigenvalue weighted by Gasteiger charge is -2.08. The van der Waals surface area contributed by atoms with E-state index >= 15 is 0 Å². The van der Waals surface area contributed by atoms with Gasteiger partial charge in [0.2, 0.25) is 0 Å². The maximum absolute atomic E-state index is 11.6. The highest BCUT2D eigenvalue weighted by molar-refractivity contribution is 5.99. The largest absolute Gasteiger partial charge is 0.340 e. The van der Waals surface area contributed by atoms with E-state index in [9.17, 15) is 4.79 Å². The molecule has 2 rings (SSSR count). The molecule has 0 spiro atoms. The van der Waals surface area contributed by atoms with Gasteiger partial charge in [-0.2, -0.15) is 0 Å². The van der Waals surface area contributed by atoms with Gasteiger partial charge in [0.1, 0.15) is 5.69 Å². The highest BCUT2D eigenvalue weighted by atomic mass is 16.2. The zero-order chi connectivity index (χ0) is 9.26. The van der Waals surface area contributed by atoms with Crippen LogP contribution in [0.2, 0.25) is 0 Å². The highest BCUT2D eigenvalue weighted by Crippen LogP contribution is 2.02. The van der Waals surface area contributed by atoms with Crippen molar-refractivity contribution in [3.8, 4) is 0 Å². The highest BCUT2D eigenvalue weighted by Gasteiger charge is 2.18. The number of rotatable bonds is 1. The van der Waals surface area contributed by atoms with Gasteiger partial charge >= 0.3 is 0 Å². The van der Waals surface area contributed by atoms with Crippen LogP contribution in [0, 0.1) is 0 Å². The Kier molecular flexibility index (Phi) is 1.84. The van der Waals surface area contributed by atoms with Crippen molar-refractivity contribution in [2.75, 3.05) is 13.1 Å². The molecule has 0 aromatic carbocycles. The number of imidazole rings is 1. The van der Waals surface area contributed by atoms with Crippen LogP contribution in [0.25, 0.3) is 0 Å². The molecular formula is C8H10N4O. The number of aromatic nitrogens is 2. The van der Waals surface area contributed by atoms with E-state index in [1.165, 1.54) is 0 Å². The number of aryl methyl sites for hydroxylation is 1. The van der Waals surface area contributed by atoms with E-state index in [1.807, 2.05) is 7.05 Å². The first kappa shape index (κ1) is 7.97. The van der Waals surface area contributed by atoms with Crippen molar-refractivity contribution in [3.05, 3.63) is 18.2 Å². The molecule has 0 saturated heterocycles. The molecule has 1 aromatic rings. The average Bonchev–Trinajstić information content (AvgIpc) is 2.72. The van der Waals surface area contributed by atoms with Gasteiger partial charge in [-0.05, 0) is 0 Å². The van der Waals surface area contributed by atoms with E-state index in [0.29, 0.717) is 18.8 Å². The summed E-state index contributed by atoms with van der Waals surface area (Å²) in [4.78, 5) is 21.1. The standard InChI is InChI=1S/C8H10N4O/c1-11-4-7(10-6-11)8(13)12-3-2-9-5-12/h4-6H,2-3H2,1H3. The topological polar surface area (TPSA) is 50.5 Å². The van der Waals surface area contributed by atoms with Crippen molar-refractivity contribution >= 4 is 12.2 Å². The van der Waals surface area contributed by atoms with Gasteiger partial charge < -0.3 is 4.57 Å². The monoisotopic (exact) mass is 178 g/mol. The number of hydrogen-bond acceptors (Lipinski definition) is 3. The first-order chi connectivity index (χ1) is 6.27. The van der Waals surface area contributed by atoms with Gasteiger partial charge in [0.15, 0.2) is 0 Å². The molecule has 1 aromatic heterocycles. The summed E-state index contributed by atoms with van der Waals surface area (Å²) in [7, 11) is 1.84. The summed E-state index contributed by atoms with van der Waals surface area (Å²) in [6.45, 7) is 1.36. The van der Waals surface area contributed by atoms with E-state index in [1.54, 1.807) is 28.3 Å². The average molecular weight is 178 g/mol. The normalized spacial score (nSPS) is 15.3. The van der Waals surface area contributed by atoms with Crippen LogP contribution in [0.15, 0.2) is 17.5 Å². The lowest BCUT2D eigenvalue weighted by molar-refractivity contribution is 0.0857. The van der Waals surface area contributed by atoms with Crippen molar-refractivity contribution in [1.29, 1.82) is 0 Å². The Balaban J connectivity index is 2.17. The second-order valence-electron chi connectivity index (χ2n) is 2.94. The number of nitrogens with zero attached hydrogens (tertiary/aromatic N) is 4. The van der Waals surface area contributed by atoms with Crippen LogP contribution in [0.3, 0.4) is 0 Å². The Labute approximate surface area is 75.7 Å². The molecule has 5 heteroatoms. The number of hydrogen-bond donors (Lipinski definition) is 0. The van der Waals surface area contributed by atoms with Crippen molar-refractivity contribution in [3.63, 3.8) is 0 Å². The first-order valence-electron chi connectivity index (χ1n) is 4.06. The Morgan fingerprint density at radius 3 is 3.00 bits per heavy atom. The van der Waals surface area contributed by atoms with Crippen molar-refractivity contribution in [2.24, 2.45) is 12.0 Å². The zero-order valence-electron chi connectivity index (χ0n) is 7.34. The number of aliphatic imine (C=N–C) groups is 1. The molecule has 1 amide bonds. The maximum atomic E-state index is 11.6. The second-order valence-corrected chi connectivity index (χ2v) is 2.94. The Morgan fingerprint density at radius 1 is 1.62 bits per heavy atom. The third-order valence-electron chi connectivity index (χ3n) is 1.88. The molecule has 1 aliphatic heterocycles. The molecule has 68 valence electrons. The van der Waals surface area contributed by atoms with Crippen LogP contribution in [0.1, 0.15) is 10.5 Å². The Bertz CT molecular complexity index is 355. The third-order valence-corrected chi connectivity index (χ3v) is 1.88. The second kappa shape index (κ2) is 3.01. The van der Waals surface area contributed by atoms with E-state index in [-0.39, 0.29) is 5.91 Å². The summed E-state index contributed by atoms with van der Waals surface area (Å²) in [6, 6.07) is 0. The molecule has 2 heterocycles. The Morgan fingerprint density at radius 2 is 2.46 bits per heavy atom. The third kappa shape index (κ3) is 1.44. The fourth-order valence-electron chi connectivity index (χ4n) is 1.20. The first-order valence-corrected chi connectivity index (χ1v) is 4.06. The minimum absolute atomic E-state index is 0.0816. The molecule has 0 radical (unpaired) electrons. The minimum Gasteiger partial charge on any atom is -0.340 e. The molecule has 5 nitrogen and oxygen atoms in total. The molecule has 0 unspecified atom stereocenters. The summed E-state index contributed by atoms with van der Waals surface area (Å²) < 4.78 is 1.75. The fraction of sp³-hybridized carbons (Fsp3) is 0.375. The summed E-state index contributed by atoms with van der Waals surface area (Å²) >= 11 is 0. The van der Waals surface area contributed by atoms with E-state index in [0.717, 1.165) is 0 Å². The predicted molar refractivity (Wildman–Crippen MR) is 47.6 cm³/mol. The van der Waals surface area contributed by atoms with E-state index in [2.05, 4.69) is 9.98 Å². The summed E-state index contributed by atoms with van der Waals surface area (Å²) in [5.41, 5.74) is 0.468. The van der Waals surface area contributed by atoms with Crippen molar-refractivity contribution < 1.29 is 4.79 Å². The van der Waals surface area contributed by atoms with Crippen LogP contribution < -0.4 is 0 Å². The Hall–Kier alpha value is -1.65. The predicted octanol–water partition coefficient (Wildman–Crippen LogP) is -0.0958. The quantitative estimate of drug-likeness (QED) is 0.603. The van der Waals surface area contributed by atoms with Gasteiger partial charge in [-0.15, -0.1) is 0 Å². The smallest absolute Gasteiger partial charge is 0.279 e. The molecule has 0 fully saturated rings. The lowest BCUT2D eigenvalue weighted by Crippen LogP contribution is -2.28. The van der Waals surface area contributed by atoms with Crippen molar-refractivity contribution in [1.82, 2.24) is 14.5 Å². The molecule has 0 atom stereocenters. The molecule has 0 saturated carbocycles. The van der Waals surface area contributed by atoms with Gasteiger partial charge in [-0.3, -0.25) is 14.7 Å².